The highest BCUT2D eigenvalue weighted by molar-refractivity contribution is 7.89. The Morgan fingerprint density at radius 1 is 1.06 bits per heavy atom. The van der Waals surface area contributed by atoms with E-state index in [0.717, 1.165) is 19.7 Å². The molecule has 1 aliphatic rings. The molecule has 1 aromatic heterocycles. The average molecular weight is 469 g/mol. The second-order valence-corrected chi connectivity index (χ2v) is 10.2. The number of aromatic nitrogens is 1. The van der Waals surface area contributed by atoms with Gasteiger partial charge in [-0.25, -0.2) is 13.4 Å². The predicted molar refractivity (Wildman–Crippen MR) is 128 cm³/mol. The van der Waals surface area contributed by atoms with Gasteiger partial charge in [0, 0.05) is 37.9 Å². The van der Waals surface area contributed by atoms with E-state index in [1.54, 1.807) is 28.4 Å². The van der Waals surface area contributed by atoms with Crippen LogP contribution < -0.4 is 4.90 Å². The number of carbonyl (C=O) groups is 1. The van der Waals surface area contributed by atoms with Crippen LogP contribution in [0.25, 0.3) is 10.2 Å². The van der Waals surface area contributed by atoms with Gasteiger partial charge in [0.05, 0.1) is 21.7 Å². The lowest BCUT2D eigenvalue weighted by Crippen LogP contribution is -2.48. The molecule has 0 aliphatic carbocycles. The van der Waals surface area contributed by atoms with Crippen LogP contribution in [0.2, 0.25) is 0 Å². The van der Waals surface area contributed by atoms with Gasteiger partial charge in [0.15, 0.2) is 5.13 Å². The molecule has 1 amide bonds. The Hall–Kier alpha value is -3.17. The lowest BCUT2D eigenvalue weighted by Gasteiger charge is -2.34. The number of piperazine rings is 1. The molecule has 4 rings (SSSR count). The summed E-state index contributed by atoms with van der Waals surface area (Å²) >= 11 is 1.66. The highest BCUT2D eigenvalue weighted by Crippen LogP contribution is 2.29. The molecule has 3 aromatic rings. The Morgan fingerprint density at radius 3 is 2.38 bits per heavy atom. The zero-order chi connectivity index (χ0) is 22.7. The number of benzene rings is 2. The van der Waals surface area contributed by atoms with Crippen molar-refractivity contribution in [2.24, 2.45) is 0 Å². The first kappa shape index (κ1) is 22.0. The lowest BCUT2D eigenvalue weighted by molar-refractivity contribution is 0.0746. The molecule has 0 saturated carbocycles. The van der Waals surface area contributed by atoms with Gasteiger partial charge in [-0.05, 0) is 36.4 Å². The fraction of sp³-hybridized carbons (Fsp3) is 0.217. The van der Waals surface area contributed by atoms with E-state index in [1.807, 2.05) is 18.2 Å². The zero-order valence-corrected chi connectivity index (χ0v) is 19.2. The second kappa shape index (κ2) is 9.13. The molecular formula is C23H24N4O3S2. The molecule has 7 nitrogen and oxygen atoms in total. The van der Waals surface area contributed by atoms with Crippen LogP contribution in [0.1, 0.15) is 10.4 Å². The topological polar surface area (TPSA) is 73.8 Å². The molecule has 1 saturated heterocycles. The van der Waals surface area contributed by atoms with E-state index >= 15 is 0 Å². The third-order valence-corrected chi connectivity index (χ3v) is 8.22. The number of nitrogens with zero attached hydrogens (tertiary/aromatic N) is 4. The molecule has 0 spiro atoms. The van der Waals surface area contributed by atoms with E-state index in [2.05, 4.69) is 24.1 Å². The maximum Gasteiger partial charge on any atom is 0.264 e. The molecule has 2 heterocycles. The van der Waals surface area contributed by atoms with E-state index in [0.29, 0.717) is 31.7 Å². The largest absolute Gasteiger partial charge is 0.345 e. The number of hydrogen-bond donors (Lipinski definition) is 0. The van der Waals surface area contributed by atoms with E-state index in [1.165, 1.54) is 24.4 Å². The Bertz CT molecular complexity index is 1210. The SMILES string of the molecule is C=CCN(C=C)S(=O)(=O)c1ccc(C(=O)N2CCN(c3nc4ccccc4s3)CC2)cc1. The summed E-state index contributed by atoms with van der Waals surface area (Å²) in [7, 11) is -3.72. The highest BCUT2D eigenvalue weighted by Gasteiger charge is 2.25. The fourth-order valence-electron chi connectivity index (χ4n) is 3.58. The van der Waals surface area contributed by atoms with Crippen molar-refractivity contribution in [1.82, 2.24) is 14.2 Å². The first-order valence-electron chi connectivity index (χ1n) is 10.2. The minimum Gasteiger partial charge on any atom is -0.345 e. The van der Waals surface area contributed by atoms with Gasteiger partial charge in [-0.2, -0.15) is 0 Å². The summed E-state index contributed by atoms with van der Waals surface area (Å²) < 4.78 is 27.6. The molecule has 32 heavy (non-hydrogen) atoms. The van der Waals surface area contributed by atoms with Crippen molar-refractivity contribution in [2.45, 2.75) is 4.90 Å². The summed E-state index contributed by atoms with van der Waals surface area (Å²) in [6.07, 6.45) is 2.74. The predicted octanol–water partition coefficient (Wildman–Crippen LogP) is 3.58. The van der Waals surface area contributed by atoms with Gasteiger partial charge in [0.2, 0.25) is 0 Å². The maximum absolute atomic E-state index is 12.9. The first-order valence-corrected chi connectivity index (χ1v) is 12.4. The summed E-state index contributed by atoms with van der Waals surface area (Å²) in [6, 6.07) is 14.1. The van der Waals surface area contributed by atoms with Crippen LogP contribution in [0, 0.1) is 0 Å². The van der Waals surface area contributed by atoms with Crippen LogP contribution in [-0.2, 0) is 10.0 Å². The Kier molecular flexibility index (Phi) is 6.29. The minimum absolute atomic E-state index is 0.107. The van der Waals surface area contributed by atoms with Crippen molar-refractivity contribution < 1.29 is 13.2 Å². The van der Waals surface area contributed by atoms with E-state index in [4.69, 9.17) is 4.98 Å². The van der Waals surface area contributed by atoms with Crippen molar-refractivity contribution in [3.05, 3.63) is 79.5 Å². The van der Waals surface area contributed by atoms with E-state index < -0.39 is 10.0 Å². The number of amides is 1. The average Bonchev–Trinajstić information content (AvgIpc) is 3.26. The summed E-state index contributed by atoms with van der Waals surface area (Å²) in [5, 5.41) is 0.971. The number of sulfonamides is 1. The Morgan fingerprint density at radius 2 is 1.75 bits per heavy atom. The van der Waals surface area contributed by atoms with Crippen molar-refractivity contribution >= 4 is 42.6 Å². The van der Waals surface area contributed by atoms with Crippen LogP contribution in [0.5, 0.6) is 0 Å². The summed E-state index contributed by atoms with van der Waals surface area (Å²) in [4.78, 5) is 21.7. The normalized spacial score (nSPS) is 14.4. The molecule has 0 N–H and O–H groups in total. The molecule has 1 fully saturated rings. The molecule has 0 unspecified atom stereocenters. The third-order valence-electron chi connectivity index (χ3n) is 5.34. The number of hydrogen-bond acceptors (Lipinski definition) is 6. The van der Waals surface area contributed by atoms with Crippen LogP contribution in [-0.4, -0.2) is 61.2 Å². The molecule has 1 aliphatic heterocycles. The van der Waals surface area contributed by atoms with Gasteiger partial charge in [-0.15, -0.1) is 6.58 Å². The van der Waals surface area contributed by atoms with Crippen LogP contribution in [0.15, 0.2) is 78.9 Å². The van der Waals surface area contributed by atoms with Gasteiger partial charge in [-0.3, -0.25) is 9.10 Å². The number of carbonyl (C=O) groups excluding carboxylic acids is 1. The molecule has 9 heteroatoms. The Balaban J connectivity index is 1.42. The minimum atomic E-state index is -3.72. The molecule has 0 bridgehead atoms. The molecule has 166 valence electrons. The number of para-hydroxylation sites is 1. The standard InChI is InChI=1S/C23H24N4O3S2/c1-3-13-27(4-2)32(29,30)19-11-9-18(10-12-19)22(28)25-14-16-26(17-15-25)23-24-20-7-5-6-8-21(20)31-23/h3-12H,1-2,13-17H2. The third kappa shape index (κ3) is 4.26. The van der Waals surface area contributed by atoms with Gasteiger partial charge in [0.1, 0.15) is 0 Å². The second-order valence-electron chi connectivity index (χ2n) is 7.31. The van der Waals surface area contributed by atoms with E-state index in [-0.39, 0.29) is 17.3 Å². The molecule has 0 atom stereocenters. The number of rotatable bonds is 7. The van der Waals surface area contributed by atoms with Crippen LogP contribution in [0.4, 0.5) is 5.13 Å². The summed E-state index contributed by atoms with van der Waals surface area (Å²) in [5.74, 6) is -0.107. The van der Waals surface area contributed by atoms with Crippen molar-refractivity contribution in [3.8, 4) is 0 Å². The monoisotopic (exact) mass is 468 g/mol. The van der Waals surface area contributed by atoms with Gasteiger partial charge in [0.25, 0.3) is 15.9 Å². The lowest BCUT2D eigenvalue weighted by atomic mass is 10.2. The zero-order valence-electron chi connectivity index (χ0n) is 17.6. The summed E-state index contributed by atoms with van der Waals surface area (Å²) in [5.41, 5.74) is 1.45. The molecule has 0 radical (unpaired) electrons. The fourth-order valence-corrected chi connectivity index (χ4v) is 5.85. The van der Waals surface area contributed by atoms with E-state index in [9.17, 15) is 13.2 Å². The van der Waals surface area contributed by atoms with Crippen LogP contribution >= 0.6 is 11.3 Å². The van der Waals surface area contributed by atoms with Crippen molar-refractivity contribution in [1.29, 1.82) is 0 Å². The van der Waals surface area contributed by atoms with Crippen molar-refractivity contribution in [2.75, 3.05) is 37.6 Å². The van der Waals surface area contributed by atoms with Crippen molar-refractivity contribution in [3.63, 3.8) is 0 Å². The van der Waals surface area contributed by atoms with Gasteiger partial charge >= 0.3 is 0 Å². The summed E-state index contributed by atoms with van der Waals surface area (Å²) in [6.45, 7) is 9.82. The number of thiazole rings is 1. The van der Waals surface area contributed by atoms with Gasteiger partial charge in [-0.1, -0.05) is 36.1 Å². The first-order chi connectivity index (χ1) is 15.4. The quantitative estimate of drug-likeness (QED) is 0.496. The highest BCUT2D eigenvalue weighted by atomic mass is 32.2. The van der Waals surface area contributed by atoms with Gasteiger partial charge < -0.3 is 9.80 Å². The van der Waals surface area contributed by atoms with Crippen LogP contribution in [0.3, 0.4) is 0 Å². The smallest absolute Gasteiger partial charge is 0.264 e. The number of fused-ring (bicyclic) bond motifs is 1. The Labute approximate surface area is 191 Å². The maximum atomic E-state index is 12.9. The number of anilines is 1. The molecule has 2 aromatic carbocycles. The molecular weight excluding hydrogens is 444 g/mol.